The Morgan fingerprint density at radius 2 is 2.11 bits per heavy atom. The van der Waals surface area contributed by atoms with Gasteiger partial charge in [-0.3, -0.25) is 4.79 Å². The van der Waals surface area contributed by atoms with Gasteiger partial charge in [-0.05, 0) is 24.5 Å². The van der Waals surface area contributed by atoms with E-state index in [1.807, 2.05) is 6.07 Å². The molecule has 1 spiro atoms. The smallest absolute Gasteiger partial charge is 0.409 e. The highest BCUT2D eigenvalue weighted by Crippen LogP contribution is 2.64. The quantitative estimate of drug-likeness (QED) is 0.720. The van der Waals surface area contributed by atoms with Crippen LogP contribution in [0.3, 0.4) is 0 Å². The number of carbonyl (C=O) groups is 2. The lowest BCUT2D eigenvalue weighted by molar-refractivity contribution is -0.224. The first-order valence-electron chi connectivity index (χ1n) is 9.05. The van der Waals surface area contributed by atoms with E-state index in [1.54, 1.807) is 6.07 Å². The van der Waals surface area contributed by atoms with Crippen molar-refractivity contribution in [2.45, 2.75) is 48.5 Å². The normalized spacial score (nSPS) is 38.1. The molecule has 4 aliphatic rings. The molecule has 1 saturated carbocycles. The number of hydrogen-bond acceptors (Lipinski definition) is 7. The summed E-state index contributed by atoms with van der Waals surface area (Å²) in [7, 11) is 2.81. The maximum Gasteiger partial charge on any atom is 0.409 e. The highest BCUT2D eigenvalue weighted by molar-refractivity contribution is 5.91. The fraction of sp³-hybridized carbons (Fsp3) is 0.579. The minimum atomic E-state index is -1.71. The van der Waals surface area contributed by atoms with Crippen LogP contribution in [0, 0.1) is 0 Å². The number of aliphatic hydroxyl groups is 2. The lowest BCUT2D eigenvalue weighted by Gasteiger charge is -2.63. The van der Waals surface area contributed by atoms with E-state index in [0.29, 0.717) is 24.5 Å². The van der Waals surface area contributed by atoms with Crippen molar-refractivity contribution >= 4 is 11.9 Å². The number of hydrogen-bond donors (Lipinski definition) is 2. The average Bonchev–Trinajstić information content (AvgIpc) is 3.00. The van der Waals surface area contributed by atoms with E-state index >= 15 is 0 Å². The van der Waals surface area contributed by atoms with E-state index in [1.165, 1.54) is 19.1 Å². The Morgan fingerprint density at radius 1 is 1.33 bits per heavy atom. The number of benzene rings is 1. The van der Waals surface area contributed by atoms with Crippen molar-refractivity contribution in [2.24, 2.45) is 0 Å². The van der Waals surface area contributed by atoms with Gasteiger partial charge in [0.1, 0.15) is 5.60 Å². The molecule has 8 nitrogen and oxygen atoms in total. The first kappa shape index (κ1) is 16.8. The number of amides is 1. The van der Waals surface area contributed by atoms with Gasteiger partial charge in [0.05, 0.1) is 31.8 Å². The van der Waals surface area contributed by atoms with Crippen LogP contribution in [0.1, 0.15) is 24.0 Å². The molecule has 1 saturated heterocycles. The Morgan fingerprint density at radius 3 is 2.81 bits per heavy atom. The van der Waals surface area contributed by atoms with Gasteiger partial charge in [-0.1, -0.05) is 6.07 Å². The van der Waals surface area contributed by atoms with Crippen molar-refractivity contribution in [1.82, 2.24) is 4.90 Å². The van der Waals surface area contributed by atoms with Crippen molar-refractivity contribution < 1.29 is 34.0 Å². The summed E-state index contributed by atoms with van der Waals surface area (Å²) in [6, 6.07) is 2.94. The van der Waals surface area contributed by atoms with Gasteiger partial charge in [0.15, 0.2) is 23.4 Å². The van der Waals surface area contributed by atoms with Gasteiger partial charge in [0, 0.05) is 18.5 Å². The third-order valence-corrected chi connectivity index (χ3v) is 6.92. The van der Waals surface area contributed by atoms with Crippen LogP contribution in [0.5, 0.6) is 11.5 Å². The SMILES string of the molecule is COC(=O)N1CC[C@]23c4c5ccc(OC)c4O[C@H]2C(=O)C[C@H](O)[C@@]3(O)[C@H]1C5. The van der Waals surface area contributed by atoms with Gasteiger partial charge in [0.2, 0.25) is 0 Å². The number of likely N-dealkylation sites (tertiary alicyclic amines) is 1. The third kappa shape index (κ3) is 1.67. The summed E-state index contributed by atoms with van der Waals surface area (Å²) in [5, 5.41) is 22.8. The van der Waals surface area contributed by atoms with Crippen LogP contribution < -0.4 is 9.47 Å². The van der Waals surface area contributed by atoms with Crippen molar-refractivity contribution in [3.63, 3.8) is 0 Å². The second-order valence-electron chi connectivity index (χ2n) is 7.75. The van der Waals surface area contributed by atoms with Gasteiger partial charge in [-0.2, -0.15) is 0 Å². The largest absolute Gasteiger partial charge is 0.493 e. The number of carbonyl (C=O) groups excluding carboxylic acids is 2. The topological polar surface area (TPSA) is 106 Å². The molecule has 2 aliphatic carbocycles. The van der Waals surface area contributed by atoms with Gasteiger partial charge in [-0.15, -0.1) is 0 Å². The molecule has 27 heavy (non-hydrogen) atoms. The fourth-order valence-electron chi connectivity index (χ4n) is 5.87. The van der Waals surface area contributed by atoms with Crippen LogP contribution >= 0.6 is 0 Å². The summed E-state index contributed by atoms with van der Waals surface area (Å²) in [6.45, 7) is 0.301. The van der Waals surface area contributed by atoms with Crippen LogP contribution in [-0.4, -0.2) is 71.6 Å². The number of methoxy groups -OCH3 is 2. The Kier molecular flexibility index (Phi) is 3.20. The predicted molar refractivity (Wildman–Crippen MR) is 90.9 cm³/mol. The number of rotatable bonds is 1. The predicted octanol–water partition coefficient (Wildman–Crippen LogP) is 0.156. The summed E-state index contributed by atoms with van der Waals surface area (Å²) >= 11 is 0. The third-order valence-electron chi connectivity index (χ3n) is 6.92. The van der Waals surface area contributed by atoms with Crippen LogP contribution in [0.2, 0.25) is 0 Å². The lowest BCUT2D eigenvalue weighted by atomic mass is 9.48. The average molecular weight is 375 g/mol. The molecular formula is C19H21NO7. The monoisotopic (exact) mass is 375 g/mol. The Hall–Kier alpha value is -2.32. The molecule has 2 aliphatic heterocycles. The van der Waals surface area contributed by atoms with Crippen molar-refractivity contribution in [2.75, 3.05) is 20.8 Å². The molecule has 0 unspecified atom stereocenters. The minimum Gasteiger partial charge on any atom is -0.493 e. The highest BCUT2D eigenvalue weighted by atomic mass is 16.5. The summed E-state index contributed by atoms with van der Waals surface area (Å²) in [4.78, 5) is 26.6. The molecular weight excluding hydrogens is 354 g/mol. The molecule has 2 fully saturated rings. The second kappa shape index (κ2) is 5.14. The summed E-state index contributed by atoms with van der Waals surface area (Å²) < 4.78 is 16.4. The van der Waals surface area contributed by atoms with Crippen LogP contribution in [-0.2, 0) is 21.4 Å². The zero-order valence-corrected chi connectivity index (χ0v) is 15.1. The molecule has 144 valence electrons. The number of piperidine rings is 1. The van der Waals surface area contributed by atoms with E-state index in [4.69, 9.17) is 14.2 Å². The van der Waals surface area contributed by atoms with E-state index in [9.17, 15) is 19.8 Å². The molecule has 5 atom stereocenters. The van der Waals surface area contributed by atoms with Crippen molar-refractivity contribution in [1.29, 1.82) is 0 Å². The molecule has 1 amide bonds. The zero-order chi connectivity index (χ0) is 19.1. The van der Waals surface area contributed by atoms with Crippen LogP contribution in [0.15, 0.2) is 12.1 Å². The Labute approximate surface area is 155 Å². The molecule has 1 aromatic carbocycles. The molecule has 0 aromatic heterocycles. The van der Waals surface area contributed by atoms with E-state index in [-0.39, 0.29) is 18.6 Å². The summed E-state index contributed by atoms with van der Waals surface area (Å²) in [5.41, 5.74) is -1.18. The van der Waals surface area contributed by atoms with E-state index < -0.39 is 35.4 Å². The standard InChI is InChI=1S/C19H21NO7/c1-25-11-4-3-9-7-12-19(24)13(22)8-10(21)16-18(19,14(9)15(11)27-16)5-6-20(12)17(23)26-2/h3-4,12-13,16,22,24H,5-8H2,1-2H3/t12-,13+,16+,18+,19+/m1/s1. The first-order valence-corrected chi connectivity index (χ1v) is 9.05. The molecule has 0 radical (unpaired) electrons. The highest BCUT2D eigenvalue weighted by Gasteiger charge is 2.76. The number of aliphatic hydroxyl groups excluding tert-OH is 1. The lowest BCUT2D eigenvalue weighted by Crippen LogP contribution is -2.81. The summed E-state index contributed by atoms with van der Waals surface area (Å²) in [5.74, 6) is 0.713. The van der Waals surface area contributed by atoms with Gasteiger partial charge in [-0.25, -0.2) is 4.79 Å². The van der Waals surface area contributed by atoms with Crippen LogP contribution in [0.4, 0.5) is 4.79 Å². The number of ether oxygens (including phenoxy) is 3. The number of Topliss-reactive ketones (excluding diaryl/α,β-unsaturated/α-hetero) is 1. The molecule has 5 rings (SSSR count). The second-order valence-corrected chi connectivity index (χ2v) is 7.75. The Balaban J connectivity index is 1.81. The van der Waals surface area contributed by atoms with Gasteiger partial charge >= 0.3 is 6.09 Å². The molecule has 2 bridgehead atoms. The van der Waals surface area contributed by atoms with E-state index in [2.05, 4.69) is 0 Å². The minimum absolute atomic E-state index is 0.222. The van der Waals surface area contributed by atoms with Crippen LogP contribution in [0.25, 0.3) is 0 Å². The maximum absolute atomic E-state index is 12.8. The molecule has 1 aromatic rings. The van der Waals surface area contributed by atoms with Gasteiger partial charge < -0.3 is 29.3 Å². The molecule has 8 heteroatoms. The first-order chi connectivity index (χ1) is 12.9. The van der Waals surface area contributed by atoms with Crippen molar-refractivity contribution in [3.8, 4) is 11.5 Å². The summed E-state index contributed by atoms with van der Waals surface area (Å²) in [6.07, 6.45) is -2.36. The van der Waals surface area contributed by atoms with Crippen molar-refractivity contribution in [3.05, 3.63) is 23.3 Å². The molecule has 2 N–H and O–H groups in total. The number of nitrogens with zero attached hydrogens (tertiary/aromatic N) is 1. The zero-order valence-electron chi connectivity index (χ0n) is 15.1. The maximum atomic E-state index is 12.8. The fourth-order valence-corrected chi connectivity index (χ4v) is 5.87. The number of ketones is 1. The Bertz CT molecular complexity index is 870. The molecule has 2 heterocycles. The van der Waals surface area contributed by atoms with Gasteiger partial charge in [0.25, 0.3) is 0 Å². The van der Waals surface area contributed by atoms with E-state index in [0.717, 1.165) is 11.1 Å².